The van der Waals surface area contributed by atoms with Gasteiger partial charge in [-0.15, -0.1) is 0 Å². The van der Waals surface area contributed by atoms with Gasteiger partial charge >= 0.3 is 0 Å². The van der Waals surface area contributed by atoms with E-state index in [4.69, 9.17) is 0 Å². The molecule has 0 aliphatic carbocycles. The Kier molecular flexibility index (Phi) is 6.09. The predicted molar refractivity (Wildman–Crippen MR) is 77.2 cm³/mol. The van der Waals surface area contributed by atoms with Gasteiger partial charge in [-0.2, -0.15) is 0 Å². The van der Waals surface area contributed by atoms with Crippen molar-refractivity contribution >= 4 is 0 Å². The van der Waals surface area contributed by atoms with Crippen LogP contribution in [0.15, 0.2) is 54.6 Å². The average Bonchev–Trinajstić information content (AvgIpc) is 2.43. The van der Waals surface area contributed by atoms with Gasteiger partial charge in [0.25, 0.3) is 0 Å². The largest absolute Gasteiger partial charge is 0.0683 e. The molecule has 0 fully saturated rings. The van der Waals surface area contributed by atoms with E-state index in [-0.39, 0.29) is 0 Å². The van der Waals surface area contributed by atoms with Crippen LogP contribution in [-0.4, -0.2) is 0 Å². The molecule has 0 bridgehead atoms. The zero-order chi connectivity index (χ0) is 12.5. The summed E-state index contributed by atoms with van der Waals surface area (Å²) < 4.78 is 0. The van der Waals surface area contributed by atoms with E-state index in [1.165, 1.54) is 29.5 Å². The van der Waals surface area contributed by atoms with Crippen molar-refractivity contribution in [2.24, 2.45) is 0 Å². The second-order valence-electron chi connectivity index (χ2n) is 3.81. The van der Waals surface area contributed by atoms with Crippen LogP contribution in [0, 0.1) is 0 Å². The molecule has 0 nitrogen and oxygen atoms in total. The first kappa shape index (κ1) is 13.5. The normalized spacial score (nSPS) is 9.35. The zero-order valence-electron chi connectivity index (χ0n) is 11.1. The van der Waals surface area contributed by atoms with Gasteiger partial charge in [0.15, 0.2) is 0 Å². The van der Waals surface area contributed by atoms with Gasteiger partial charge in [-0.3, -0.25) is 0 Å². The summed E-state index contributed by atoms with van der Waals surface area (Å²) in [6.45, 7) is 6.21. The molecular weight excluding hydrogens is 204 g/mol. The fourth-order valence-electron chi connectivity index (χ4n) is 1.78. The lowest BCUT2D eigenvalue weighted by Crippen LogP contribution is -1.83. The molecule has 0 atom stereocenters. The van der Waals surface area contributed by atoms with Crippen molar-refractivity contribution < 1.29 is 0 Å². The predicted octanol–water partition coefficient (Wildman–Crippen LogP) is 5.33. The van der Waals surface area contributed by atoms with Crippen molar-refractivity contribution in [3.63, 3.8) is 0 Å². The van der Waals surface area contributed by atoms with Gasteiger partial charge in [0, 0.05) is 0 Å². The minimum absolute atomic E-state index is 1.18. The molecule has 0 radical (unpaired) electrons. The SMILES string of the molecule is CC.CCCc1ccc(-c2ccccc2)cc1. The van der Waals surface area contributed by atoms with Crippen LogP contribution in [-0.2, 0) is 6.42 Å². The van der Waals surface area contributed by atoms with Crippen molar-refractivity contribution in [1.82, 2.24) is 0 Å². The van der Waals surface area contributed by atoms with E-state index in [1.807, 2.05) is 13.8 Å². The summed E-state index contributed by atoms with van der Waals surface area (Å²) in [6, 6.07) is 19.4. The first-order valence-corrected chi connectivity index (χ1v) is 6.54. The Morgan fingerprint density at radius 3 is 1.76 bits per heavy atom. The minimum Gasteiger partial charge on any atom is -0.0683 e. The summed E-state index contributed by atoms with van der Waals surface area (Å²) in [5.41, 5.74) is 4.02. The minimum atomic E-state index is 1.18. The van der Waals surface area contributed by atoms with Crippen molar-refractivity contribution in [3.8, 4) is 11.1 Å². The molecule has 0 heterocycles. The maximum atomic E-state index is 2.23. The maximum Gasteiger partial charge on any atom is -0.0184 e. The standard InChI is InChI=1S/C15H16.C2H6/c1-2-6-13-9-11-15(12-10-13)14-7-4-3-5-8-14;1-2/h3-5,7-12H,2,6H2,1H3;1-2H3. The van der Waals surface area contributed by atoms with E-state index < -0.39 is 0 Å². The van der Waals surface area contributed by atoms with E-state index in [9.17, 15) is 0 Å². The molecule has 0 amide bonds. The Morgan fingerprint density at radius 2 is 1.24 bits per heavy atom. The molecule has 0 aromatic heterocycles. The van der Waals surface area contributed by atoms with Gasteiger partial charge in [-0.25, -0.2) is 0 Å². The summed E-state index contributed by atoms with van der Waals surface area (Å²) in [6.07, 6.45) is 2.39. The van der Waals surface area contributed by atoms with Gasteiger partial charge < -0.3 is 0 Å². The molecule has 2 aromatic carbocycles. The summed E-state index contributed by atoms with van der Waals surface area (Å²) in [5, 5.41) is 0. The number of hydrogen-bond acceptors (Lipinski definition) is 0. The lowest BCUT2D eigenvalue weighted by Gasteiger charge is -2.03. The smallest absolute Gasteiger partial charge is 0.0184 e. The van der Waals surface area contributed by atoms with Crippen LogP contribution in [0.5, 0.6) is 0 Å². The van der Waals surface area contributed by atoms with Crippen LogP contribution in [0.2, 0.25) is 0 Å². The van der Waals surface area contributed by atoms with Crippen LogP contribution in [0.4, 0.5) is 0 Å². The van der Waals surface area contributed by atoms with Crippen LogP contribution in [0.25, 0.3) is 11.1 Å². The van der Waals surface area contributed by atoms with E-state index in [0.29, 0.717) is 0 Å². The summed E-state index contributed by atoms with van der Waals surface area (Å²) >= 11 is 0. The van der Waals surface area contributed by atoms with Gasteiger partial charge in [0.1, 0.15) is 0 Å². The third kappa shape index (κ3) is 4.07. The summed E-state index contributed by atoms with van der Waals surface area (Å²) in [4.78, 5) is 0. The Morgan fingerprint density at radius 1 is 0.706 bits per heavy atom. The fourth-order valence-corrected chi connectivity index (χ4v) is 1.78. The molecule has 0 aliphatic rings. The van der Waals surface area contributed by atoms with E-state index >= 15 is 0 Å². The maximum absolute atomic E-state index is 2.23. The lowest BCUT2D eigenvalue weighted by molar-refractivity contribution is 0.922. The highest BCUT2D eigenvalue weighted by Crippen LogP contribution is 2.19. The highest BCUT2D eigenvalue weighted by molar-refractivity contribution is 5.63. The van der Waals surface area contributed by atoms with Crippen molar-refractivity contribution in [1.29, 1.82) is 0 Å². The van der Waals surface area contributed by atoms with Crippen molar-refractivity contribution in [3.05, 3.63) is 60.2 Å². The molecule has 2 rings (SSSR count). The Hall–Kier alpha value is -1.56. The number of rotatable bonds is 3. The molecule has 0 spiro atoms. The Balaban J connectivity index is 0.000000686. The van der Waals surface area contributed by atoms with Gasteiger partial charge in [0.2, 0.25) is 0 Å². The molecule has 90 valence electrons. The Labute approximate surface area is 105 Å². The summed E-state index contributed by atoms with van der Waals surface area (Å²) in [7, 11) is 0. The molecule has 2 aromatic rings. The number of benzene rings is 2. The van der Waals surface area contributed by atoms with Gasteiger partial charge in [-0.05, 0) is 23.1 Å². The molecule has 0 N–H and O–H groups in total. The fraction of sp³-hybridized carbons (Fsp3) is 0.294. The summed E-state index contributed by atoms with van der Waals surface area (Å²) in [5.74, 6) is 0. The van der Waals surface area contributed by atoms with Gasteiger partial charge in [0.05, 0.1) is 0 Å². The monoisotopic (exact) mass is 226 g/mol. The number of aryl methyl sites for hydroxylation is 1. The van der Waals surface area contributed by atoms with Gasteiger partial charge in [-0.1, -0.05) is 81.8 Å². The first-order valence-electron chi connectivity index (χ1n) is 6.54. The highest BCUT2D eigenvalue weighted by Gasteiger charge is 1.96. The quantitative estimate of drug-likeness (QED) is 0.663. The van der Waals surface area contributed by atoms with Crippen LogP contribution in [0.1, 0.15) is 32.8 Å². The third-order valence-corrected chi connectivity index (χ3v) is 2.60. The number of hydrogen-bond donors (Lipinski definition) is 0. The molecule has 0 heteroatoms. The molecular formula is C17H22. The van der Waals surface area contributed by atoms with Crippen molar-refractivity contribution in [2.75, 3.05) is 0 Å². The molecule has 0 saturated carbocycles. The van der Waals surface area contributed by atoms with Crippen molar-refractivity contribution in [2.45, 2.75) is 33.6 Å². The van der Waals surface area contributed by atoms with Crippen LogP contribution < -0.4 is 0 Å². The molecule has 0 saturated heterocycles. The second-order valence-corrected chi connectivity index (χ2v) is 3.81. The lowest BCUT2D eigenvalue weighted by atomic mass is 10.0. The van der Waals surface area contributed by atoms with E-state index in [0.717, 1.165) is 0 Å². The van der Waals surface area contributed by atoms with E-state index in [2.05, 4.69) is 61.5 Å². The molecule has 0 aliphatic heterocycles. The molecule has 17 heavy (non-hydrogen) atoms. The molecule has 0 unspecified atom stereocenters. The first-order chi connectivity index (χ1) is 8.40. The second kappa shape index (κ2) is 7.67. The van der Waals surface area contributed by atoms with E-state index in [1.54, 1.807) is 0 Å². The van der Waals surface area contributed by atoms with Crippen LogP contribution in [0.3, 0.4) is 0 Å². The average molecular weight is 226 g/mol. The third-order valence-electron chi connectivity index (χ3n) is 2.60. The Bertz CT molecular complexity index is 398. The topological polar surface area (TPSA) is 0 Å². The zero-order valence-corrected chi connectivity index (χ0v) is 11.1. The highest BCUT2D eigenvalue weighted by atomic mass is 14.0. The van der Waals surface area contributed by atoms with Crippen LogP contribution >= 0.6 is 0 Å².